The van der Waals surface area contributed by atoms with Crippen molar-refractivity contribution in [1.82, 2.24) is 19.4 Å². The fourth-order valence-corrected chi connectivity index (χ4v) is 2.51. The second kappa shape index (κ2) is 5.70. The van der Waals surface area contributed by atoms with Crippen molar-refractivity contribution in [2.45, 2.75) is 13.1 Å². The van der Waals surface area contributed by atoms with Crippen LogP contribution >= 0.6 is 0 Å². The van der Waals surface area contributed by atoms with Crippen LogP contribution in [0.15, 0.2) is 49.2 Å². The first-order chi connectivity index (χ1) is 10.2. The third kappa shape index (κ3) is 2.89. The van der Waals surface area contributed by atoms with Gasteiger partial charge in [0.15, 0.2) is 0 Å². The maximum atomic E-state index is 10.8. The van der Waals surface area contributed by atoms with Crippen LogP contribution < -0.4 is 11.1 Å². The quantitative estimate of drug-likeness (QED) is 0.745. The Morgan fingerprint density at radius 2 is 2.19 bits per heavy atom. The van der Waals surface area contributed by atoms with E-state index in [4.69, 9.17) is 5.73 Å². The van der Waals surface area contributed by atoms with E-state index in [2.05, 4.69) is 33.2 Å². The molecule has 108 valence electrons. The number of rotatable bonds is 5. The number of primary amides is 1. The Labute approximate surface area is 122 Å². The van der Waals surface area contributed by atoms with Gasteiger partial charge in [0.2, 0.25) is 0 Å². The van der Waals surface area contributed by atoms with Crippen LogP contribution in [-0.2, 0) is 13.1 Å². The molecule has 0 aliphatic carbocycles. The number of imidazole rings is 1. The van der Waals surface area contributed by atoms with E-state index in [1.165, 1.54) is 10.9 Å². The number of aromatic nitrogens is 3. The summed E-state index contributed by atoms with van der Waals surface area (Å²) in [7, 11) is 0. The second-order valence-corrected chi connectivity index (χ2v) is 4.89. The smallest absolute Gasteiger partial charge is 0.312 e. The highest BCUT2D eigenvalue weighted by Crippen LogP contribution is 2.22. The van der Waals surface area contributed by atoms with E-state index < -0.39 is 6.03 Å². The lowest BCUT2D eigenvalue weighted by atomic mass is 10.2. The first-order valence-electron chi connectivity index (χ1n) is 6.80. The molecule has 0 unspecified atom stereocenters. The number of hydrogen-bond acceptors (Lipinski definition) is 2. The molecule has 0 aliphatic heterocycles. The summed E-state index contributed by atoms with van der Waals surface area (Å²) in [4.78, 5) is 14.8. The molecule has 3 aromatic rings. The Balaban J connectivity index is 1.88. The van der Waals surface area contributed by atoms with Crippen LogP contribution in [0.3, 0.4) is 0 Å². The highest BCUT2D eigenvalue weighted by molar-refractivity contribution is 5.84. The van der Waals surface area contributed by atoms with Gasteiger partial charge in [-0.1, -0.05) is 18.2 Å². The van der Waals surface area contributed by atoms with E-state index in [-0.39, 0.29) is 0 Å². The molecule has 2 heterocycles. The number of fused-ring (bicyclic) bond motifs is 1. The summed E-state index contributed by atoms with van der Waals surface area (Å²) in [5, 5.41) is 3.83. The lowest BCUT2D eigenvalue weighted by molar-refractivity contribution is 0.248. The summed E-state index contributed by atoms with van der Waals surface area (Å²) in [5.41, 5.74) is 7.47. The first-order valence-corrected chi connectivity index (χ1v) is 6.80. The van der Waals surface area contributed by atoms with Crippen molar-refractivity contribution < 1.29 is 4.79 Å². The summed E-state index contributed by atoms with van der Waals surface area (Å²) in [6.07, 6.45) is 7.64. The Hall–Kier alpha value is -2.76. The van der Waals surface area contributed by atoms with Gasteiger partial charge in [0.1, 0.15) is 0 Å². The average molecular weight is 283 g/mol. The molecule has 0 saturated heterocycles. The predicted molar refractivity (Wildman–Crippen MR) is 80.9 cm³/mol. The van der Waals surface area contributed by atoms with Crippen LogP contribution in [0.2, 0.25) is 0 Å². The standard InChI is InChI=1S/C15H17N5O/c16-15(21)18-6-8-20-10-12(9-19-7-5-17-11-19)13-3-1-2-4-14(13)20/h1-5,7,10-11H,6,8-9H2,(H3,16,18,21). The van der Waals surface area contributed by atoms with Crippen LogP contribution in [0, 0.1) is 0 Å². The summed E-state index contributed by atoms with van der Waals surface area (Å²) in [5.74, 6) is 0. The monoisotopic (exact) mass is 283 g/mol. The zero-order chi connectivity index (χ0) is 14.7. The van der Waals surface area contributed by atoms with E-state index in [0.29, 0.717) is 13.1 Å². The fraction of sp³-hybridized carbons (Fsp3) is 0.200. The number of carbonyl (C=O) groups is 1. The molecule has 0 radical (unpaired) electrons. The van der Waals surface area contributed by atoms with Crippen molar-refractivity contribution in [3.05, 3.63) is 54.7 Å². The van der Waals surface area contributed by atoms with Gasteiger partial charge in [0.05, 0.1) is 12.9 Å². The molecule has 21 heavy (non-hydrogen) atoms. The number of nitrogens with zero attached hydrogens (tertiary/aromatic N) is 3. The van der Waals surface area contributed by atoms with E-state index in [1.54, 1.807) is 12.5 Å². The number of para-hydroxylation sites is 1. The number of nitrogens with two attached hydrogens (primary N) is 1. The molecule has 2 amide bonds. The third-order valence-corrected chi connectivity index (χ3v) is 3.44. The minimum Gasteiger partial charge on any atom is -0.352 e. The van der Waals surface area contributed by atoms with Crippen molar-refractivity contribution in [3.8, 4) is 0 Å². The number of amides is 2. The Morgan fingerprint density at radius 1 is 1.33 bits per heavy atom. The van der Waals surface area contributed by atoms with Gasteiger partial charge in [-0.3, -0.25) is 0 Å². The highest BCUT2D eigenvalue weighted by atomic mass is 16.2. The molecule has 3 rings (SSSR count). The van der Waals surface area contributed by atoms with Gasteiger partial charge >= 0.3 is 6.03 Å². The third-order valence-electron chi connectivity index (χ3n) is 3.44. The summed E-state index contributed by atoms with van der Waals surface area (Å²) < 4.78 is 4.17. The second-order valence-electron chi connectivity index (χ2n) is 4.89. The molecule has 0 bridgehead atoms. The van der Waals surface area contributed by atoms with Gasteiger partial charge in [0.25, 0.3) is 0 Å². The molecule has 2 aromatic heterocycles. The minimum absolute atomic E-state index is 0.495. The molecule has 6 nitrogen and oxygen atoms in total. The number of hydrogen-bond donors (Lipinski definition) is 2. The minimum atomic E-state index is -0.495. The number of urea groups is 1. The van der Waals surface area contributed by atoms with Crippen LogP contribution in [-0.4, -0.2) is 26.7 Å². The normalized spacial score (nSPS) is 10.9. The van der Waals surface area contributed by atoms with E-state index >= 15 is 0 Å². The molecule has 0 spiro atoms. The maximum absolute atomic E-state index is 10.8. The fourth-order valence-electron chi connectivity index (χ4n) is 2.51. The topological polar surface area (TPSA) is 77.9 Å². The van der Waals surface area contributed by atoms with Crippen LogP contribution in [0.25, 0.3) is 10.9 Å². The lowest BCUT2D eigenvalue weighted by Crippen LogP contribution is -2.31. The van der Waals surface area contributed by atoms with Gasteiger partial charge in [-0.05, 0) is 11.6 Å². The van der Waals surface area contributed by atoms with Crippen LogP contribution in [0.1, 0.15) is 5.56 Å². The number of carbonyl (C=O) groups excluding carboxylic acids is 1. The Morgan fingerprint density at radius 3 is 2.95 bits per heavy atom. The lowest BCUT2D eigenvalue weighted by Gasteiger charge is -2.05. The summed E-state index contributed by atoms with van der Waals surface area (Å²) in [6, 6.07) is 7.74. The average Bonchev–Trinajstić information content (AvgIpc) is 3.09. The van der Waals surface area contributed by atoms with Crippen molar-refractivity contribution in [2.75, 3.05) is 6.54 Å². The molecular weight excluding hydrogens is 266 g/mol. The molecular formula is C15H17N5O. The van der Waals surface area contributed by atoms with Gasteiger partial charge in [0, 0.05) is 42.6 Å². The summed E-state index contributed by atoms with van der Waals surface area (Å²) in [6.45, 7) is 1.97. The molecule has 0 fully saturated rings. The van der Waals surface area contributed by atoms with E-state index in [1.807, 2.05) is 22.9 Å². The largest absolute Gasteiger partial charge is 0.352 e. The Kier molecular flexibility index (Phi) is 3.59. The van der Waals surface area contributed by atoms with Crippen LogP contribution in [0.5, 0.6) is 0 Å². The predicted octanol–water partition coefficient (Wildman–Crippen LogP) is 1.55. The molecule has 6 heteroatoms. The van der Waals surface area contributed by atoms with E-state index in [0.717, 1.165) is 12.1 Å². The molecule has 0 saturated carbocycles. The summed E-state index contributed by atoms with van der Waals surface area (Å²) >= 11 is 0. The number of benzene rings is 1. The molecule has 0 aliphatic rings. The van der Waals surface area contributed by atoms with Gasteiger partial charge in [-0.2, -0.15) is 0 Å². The Bertz CT molecular complexity index is 745. The molecule has 1 aromatic carbocycles. The van der Waals surface area contributed by atoms with Crippen molar-refractivity contribution in [3.63, 3.8) is 0 Å². The first kappa shape index (κ1) is 13.2. The van der Waals surface area contributed by atoms with Crippen molar-refractivity contribution in [1.29, 1.82) is 0 Å². The number of nitrogens with one attached hydrogen (secondary N) is 1. The molecule has 0 atom stereocenters. The van der Waals surface area contributed by atoms with E-state index in [9.17, 15) is 4.79 Å². The zero-order valence-corrected chi connectivity index (χ0v) is 11.6. The van der Waals surface area contributed by atoms with Crippen molar-refractivity contribution in [2.24, 2.45) is 5.73 Å². The van der Waals surface area contributed by atoms with Crippen molar-refractivity contribution >= 4 is 16.9 Å². The maximum Gasteiger partial charge on any atom is 0.312 e. The van der Waals surface area contributed by atoms with Gasteiger partial charge in [-0.15, -0.1) is 0 Å². The van der Waals surface area contributed by atoms with Gasteiger partial charge < -0.3 is 20.2 Å². The zero-order valence-electron chi connectivity index (χ0n) is 11.6. The highest BCUT2D eigenvalue weighted by Gasteiger charge is 2.08. The SMILES string of the molecule is NC(=O)NCCn1cc(Cn2ccnc2)c2ccccc21. The van der Waals surface area contributed by atoms with Crippen LogP contribution in [0.4, 0.5) is 4.79 Å². The molecule has 3 N–H and O–H groups in total. The van der Waals surface area contributed by atoms with Gasteiger partial charge in [-0.25, -0.2) is 9.78 Å².